The quantitative estimate of drug-likeness (QED) is 0.560. The molecule has 0 spiro atoms. The number of carbonyl (C=O) groups is 1. The van der Waals surface area contributed by atoms with Gasteiger partial charge in [0, 0.05) is 25.9 Å². The molecular formula is C17H29N5O3. The summed E-state index contributed by atoms with van der Waals surface area (Å²) in [6.07, 6.45) is 6.26. The van der Waals surface area contributed by atoms with Gasteiger partial charge in [-0.15, -0.1) is 0 Å². The van der Waals surface area contributed by atoms with Gasteiger partial charge in [0.05, 0.1) is 17.3 Å². The lowest BCUT2D eigenvalue weighted by Crippen LogP contribution is -2.30. The van der Waals surface area contributed by atoms with Gasteiger partial charge in [0.2, 0.25) is 5.95 Å². The first-order valence-electron chi connectivity index (χ1n) is 8.71. The van der Waals surface area contributed by atoms with E-state index in [1.807, 2.05) is 0 Å². The van der Waals surface area contributed by atoms with Crippen molar-refractivity contribution in [2.75, 3.05) is 24.3 Å². The van der Waals surface area contributed by atoms with E-state index in [4.69, 9.17) is 10.5 Å². The molecule has 2 rings (SSSR count). The van der Waals surface area contributed by atoms with E-state index in [-0.39, 0.29) is 11.6 Å². The van der Waals surface area contributed by atoms with E-state index in [2.05, 4.69) is 20.6 Å². The third kappa shape index (κ3) is 6.13. The van der Waals surface area contributed by atoms with Gasteiger partial charge in [-0.2, -0.15) is 4.98 Å². The molecule has 1 aromatic rings. The van der Waals surface area contributed by atoms with Gasteiger partial charge in [-0.3, -0.25) is 4.79 Å². The van der Waals surface area contributed by atoms with Gasteiger partial charge >= 0.3 is 0 Å². The van der Waals surface area contributed by atoms with Crippen molar-refractivity contribution >= 4 is 17.7 Å². The monoisotopic (exact) mass is 351 g/mol. The molecule has 0 aromatic carbocycles. The van der Waals surface area contributed by atoms with Crippen molar-refractivity contribution in [1.82, 2.24) is 9.97 Å². The van der Waals surface area contributed by atoms with Crippen LogP contribution in [-0.4, -0.2) is 52.4 Å². The molecular weight excluding hydrogens is 322 g/mol. The highest BCUT2D eigenvalue weighted by Crippen LogP contribution is 2.23. The van der Waals surface area contributed by atoms with E-state index in [1.54, 1.807) is 21.0 Å². The molecule has 1 saturated carbocycles. The van der Waals surface area contributed by atoms with E-state index >= 15 is 0 Å². The van der Waals surface area contributed by atoms with Gasteiger partial charge in [0.1, 0.15) is 5.82 Å². The molecule has 140 valence electrons. The van der Waals surface area contributed by atoms with Crippen molar-refractivity contribution in [3.8, 4) is 0 Å². The smallest absolute Gasteiger partial charge is 0.254 e. The number of anilines is 2. The number of ether oxygens (including phenoxy) is 1. The van der Waals surface area contributed by atoms with Crippen molar-refractivity contribution in [3.63, 3.8) is 0 Å². The summed E-state index contributed by atoms with van der Waals surface area (Å²) in [5, 5.41) is 16.2. The molecule has 8 nitrogen and oxygen atoms in total. The molecule has 0 saturated heterocycles. The average molecular weight is 351 g/mol. The molecule has 0 atom stereocenters. The number of rotatable bonds is 8. The summed E-state index contributed by atoms with van der Waals surface area (Å²) in [4.78, 5) is 20.2. The molecule has 8 heteroatoms. The Morgan fingerprint density at radius 2 is 2.08 bits per heavy atom. The molecule has 1 aliphatic rings. The van der Waals surface area contributed by atoms with Crippen molar-refractivity contribution in [1.29, 1.82) is 0 Å². The number of nitrogens with two attached hydrogens (primary N) is 1. The molecule has 0 radical (unpaired) electrons. The largest absolute Gasteiger partial charge is 0.390 e. The molecule has 0 unspecified atom stereocenters. The van der Waals surface area contributed by atoms with Crippen LogP contribution in [0.2, 0.25) is 0 Å². The summed E-state index contributed by atoms with van der Waals surface area (Å²) in [5.41, 5.74) is 4.84. The summed E-state index contributed by atoms with van der Waals surface area (Å²) in [6, 6.07) is 0.287. The minimum Gasteiger partial charge on any atom is -0.390 e. The Hall–Kier alpha value is -1.93. The number of amides is 1. The molecule has 1 fully saturated rings. The van der Waals surface area contributed by atoms with E-state index in [1.165, 1.54) is 6.20 Å². The van der Waals surface area contributed by atoms with Gasteiger partial charge in [0.25, 0.3) is 5.91 Å². The zero-order valence-corrected chi connectivity index (χ0v) is 15.2. The van der Waals surface area contributed by atoms with Gasteiger partial charge < -0.3 is 26.2 Å². The number of hydrogen-bond acceptors (Lipinski definition) is 7. The fourth-order valence-electron chi connectivity index (χ4n) is 2.88. The average Bonchev–Trinajstić information content (AvgIpc) is 2.54. The van der Waals surface area contributed by atoms with E-state index < -0.39 is 11.5 Å². The predicted octanol–water partition coefficient (Wildman–Crippen LogP) is 1.52. The van der Waals surface area contributed by atoms with Crippen LogP contribution in [-0.2, 0) is 4.74 Å². The van der Waals surface area contributed by atoms with Gasteiger partial charge in [0.15, 0.2) is 0 Å². The molecule has 0 bridgehead atoms. The topological polar surface area (TPSA) is 122 Å². The SMILES string of the molecule is CO[C@H]1CC[C@H](Nc2ncc(C(N)=O)c(NCCC(C)(C)O)n2)CC1. The van der Waals surface area contributed by atoms with Crippen LogP contribution in [0.4, 0.5) is 11.8 Å². The maximum Gasteiger partial charge on any atom is 0.254 e. The molecule has 0 aliphatic heterocycles. The lowest BCUT2D eigenvalue weighted by molar-refractivity contribution is 0.0681. The van der Waals surface area contributed by atoms with Crippen molar-refractivity contribution in [3.05, 3.63) is 11.8 Å². The lowest BCUT2D eigenvalue weighted by Gasteiger charge is -2.28. The fourth-order valence-corrected chi connectivity index (χ4v) is 2.88. The minimum absolute atomic E-state index is 0.240. The minimum atomic E-state index is -0.798. The Morgan fingerprint density at radius 3 is 2.64 bits per heavy atom. The summed E-state index contributed by atoms with van der Waals surface area (Å²) >= 11 is 0. The number of methoxy groups -OCH3 is 1. The number of hydrogen-bond donors (Lipinski definition) is 4. The second kappa shape index (κ2) is 8.44. The Bertz CT molecular complexity index is 580. The molecule has 1 heterocycles. The number of primary amides is 1. The fraction of sp³-hybridized carbons (Fsp3) is 0.706. The second-order valence-electron chi connectivity index (χ2n) is 7.16. The zero-order chi connectivity index (χ0) is 18.4. The number of carbonyl (C=O) groups excluding carboxylic acids is 1. The van der Waals surface area contributed by atoms with E-state index in [9.17, 15) is 9.90 Å². The predicted molar refractivity (Wildman–Crippen MR) is 96.6 cm³/mol. The number of aromatic nitrogens is 2. The summed E-state index contributed by atoms with van der Waals surface area (Å²) in [7, 11) is 1.75. The highest BCUT2D eigenvalue weighted by Gasteiger charge is 2.22. The molecule has 1 aliphatic carbocycles. The summed E-state index contributed by atoms with van der Waals surface area (Å²) < 4.78 is 5.38. The van der Waals surface area contributed by atoms with Crippen molar-refractivity contribution < 1.29 is 14.6 Å². The first kappa shape index (κ1) is 19.4. The van der Waals surface area contributed by atoms with Crippen LogP contribution in [0.15, 0.2) is 6.20 Å². The maximum absolute atomic E-state index is 11.6. The molecule has 1 amide bonds. The van der Waals surface area contributed by atoms with Gasteiger partial charge in [-0.05, 0) is 46.0 Å². The van der Waals surface area contributed by atoms with Crippen LogP contribution in [0.25, 0.3) is 0 Å². The Balaban J connectivity index is 2.02. The molecule has 1 aromatic heterocycles. The highest BCUT2D eigenvalue weighted by molar-refractivity contribution is 5.97. The summed E-state index contributed by atoms with van der Waals surface area (Å²) in [5.74, 6) is 0.273. The van der Waals surface area contributed by atoms with Crippen molar-refractivity contribution in [2.24, 2.45) is 5.73 Å². The highest BCUT2D eigenvalue weighted by atomic mass is 16.5. The number of nitrogens with one attached hydrogen (secondary N) is 2. The lowest BCUT2D eigenvalue weighted by atomic mass is 9.93. The van der Waals surface area contributed by atoms with Crippen LogP contribution in [0, 0.1) is 0 Å². The van der Waals surface area contributed by atoms with E-state index in [0.29, 0.717) is 30.8 Å². The standard InChI is InChI=1S/C17H29N5O3/c1-17(2,24)8-9-19-15-13(14(18)23)10-20-16(22-15)21-11-4-6-12(25-3)7-5-11/h10-12,24H,4-9H2,1-3H3,(H2,18,23)(H2,19,20,21,22)/t11-,12-. The number of nitrogens with zero attached hydrogens (tertiary/aromatic N) is 2. The van der Waals surface area contributed by atoms with E-state index in [0.717, 1.165) is 25.7 Å². The third-order valence-electron chi connectivity index (χ3n) is 4.42. The maximum atomic E-state index is 11.6. The van der Waals surface area contributed by atoms with Crippen molar-refractivity contribution in [2.45, 2.75) is 63.7 Å². The molecule has 5 N–H and O–H groups in total. The van der Waals surface area contributed by atoms with Crippen LogP contribution < -0.4 is 16.4 Å². The third-order valence-corrected chi connectivity index (χ3v) is 4.42. The Labute approximate surface area is 148 Å². The first-order chi connectivity index (χ1) is 11.8. The first-order valence-corrected chi connectivity index (χ1v) is 8.71. The van der Waals surface area contributed by atoms with Crippen LogP contribution >= 0.6 is 0 Å². The Morgan fingerprint density at radius 1 is 1.40 bits per heavy atom. The van der Waals surface area contributed by atoms with Gasteiger partial charge in [-0.25, -0.2) is 4.98 Å². The van der Waals surface area contributed by atoms with Crippen LogP contribution in [0.3, 0.4) is 0 Å². The summed E-state index contributed by atoms with van der Waals surface area (Å²) in [6.45, 7) is 3.93. The second-order valence-corrected chi connectivity index (χ2v) is 7.16. The normalized spacial score (nSPS) is 21.0. The Kier molecular flexibility index (Phi) is 6.55. The van der Waals surface area contributed by atoms with Crippen LogP contribution in [0.5, 0.6) is 0 Å². The number of aliphatic hydroxyl groups is 1. The van der Waals surface area contributed by atoms with Crippen LogP contribution in [0.1, 0.15) is 56.3 Å². The van der Waals surface area contributed by atoms with Gasteiger partial charge in [-0.1, -0.05) is 0 Å². The zero-order valence-electron chi connectivity index (χ0n) is 15.2. The molecule has 25 heavy (non-hydrogen) atoms.